The Labute approximate surface area is 82.9 Å². The van der Waals surface area contributed by atoms with E-state index in [0.29, 0.717) is 5.56 Å². The van der Waals surface area contributed by atoms with E-state index >= 15 is 0 Å². The summed E-state index contributed by atoms with van der Waals surface area (Å²) in [6, 6.07) is 4.30. The molecule has 0 aromatic heterocycles. The first-order valence-corrected chi connectivity index (χ1v) is 4.33. The van der Waals surface area contributed by atoms with E-state index in [1.54, 1.807) is 19.9 Å². The van der Waals surface area contributed by atoms with Gasteiger partial charge in [0, 0.05) is 5.56 Å². The summed E-state index contributed by atoms with van der Waals surface area (Å²) in [6.45, 7) is 3.43. The average molecular weight is 190 g/mol. The highest BCUT2D eigenvalue weighted by Gasteiger charge is 2.05. The standard InChI is InChI=1S/C12H11FO/c1-3-4-5-12(14)10-6-9(2)7-11(13)8-10/h6-8H,5H2,1-2H3. The van der Waals surface area contributed by atoms with Gasteiger partial charge < -0.3 is 0 Å². The Kier molecular flexibility index (Phi) is 3.41. The van der Waals surface area contributed by atoms with Gasteiger partial charge in [-0.05, 0) is 37.6 Å². The van der Waals surface area contributed by atoms with Crippen LogP contribution in [-0.4, -0.2) is 5.78 Å². The highest BCUT2D eigenvalue weighted by atomic mass is 19.1. The molecule has 0 spiro atoms. The van der Waals surface area contributed by atoms with Gasteiger partial charge in [0.05, 0.1) is 6.42 Å². The second kappa shape index (κ2) is 4.57. The second-order valence-electron chi connectivity index (χ2n) is 3.04. The van der Waals surface area contributed by atoms with E-state index in [9.17, 15) is 9.18 Å². The van der Waals surface area contributed by atoms with E-state index in [4.69, 9.17) is 0 Å². The van der Waals surface area contributed by atoms with Gasteiger partial charge in [0.2, 0.25) is 0 Å². The minimum Gasteiger partial charge on any atom is -0.293 e. The monoisotopic (exact) mass is 190 g/mol. The molecule has 0 amide bonds. The van der Waals surface area contributed by atoms with Gasteiger partial charge in [0.15, 0.2) is 5.78 Å². The highest BCUT2D eigenvalue weighted by Crippen LogP contribution is 2.10. The summed E-state index contributed by atoms with van der Waals surface area (Å²) in [5.74, 6) is 4.78. The number of carbonyl (C=O) groups is 1. The van der Waals surface area contributed by atoms with E-state index < -0.39 is 0 Å². The Morgan fingerprint density at radius 3 is 2.71 bits per heavy atom. The highest BCUT2D eigenvalue weighted by molar-refractivity contribution is 5.97. The van der Waals surface area contributed by atoms with Crippen molar-refractivity contribution in [2.24, 2.45) is 0 Å². The molecule has 0 aliphatic carbocycles. The summed E-state index contributed by atoms with van der Waals surface area (Å²) in [4.78, 5) is 11.4. The smallest absolute Gasteiger partial charge is 0.174 e. The first-order valence-electron chi connectivity index (χ1n) is 4.33. The van der Waals surface area contributed by atoms with E-state index in [1.807, 2.05) is 0 Å². The first-order chi connectivity index (χ1) is 6.63. The molecule has 1 aromatic rings. The number of aryl methyl sites for hydroxylation is 1. The van der Waals surface area contributed by atoms with Gasteiger partial charge in [0.1, 0.15) is 5.82 Å². The zero-order chi connectivity index (χ0) is 10.6. The van der Waals surface area contributed by atoms with Crippen LogP contribution in [0.15, 0.2) is 18.2 Å². The van der Waals surface area contributed by atoms with E-state index in [2.05, 4.69) is 11.8 Å². The zero-order valence-electron chi connectivity index (χ0n) is 8.23. The molecule has 0 atom stereocenters. The van der Waals surface area contributed by atoms with Crippen LogP contribution in [-0.2, 0) is 0 Å². The maximum atomic E-state index is 12.9. The molecule has 0 radical (unpaired) electrons. The predicted molar refractivity (Wildman–Crippen MR) is 53.5 cm³/mol. The van der Waals surface area contributed by atoms with Crippen LogP contribution in [0.5, 0.6) is 0 Å². The van der Waals surface area contributed by atoms with Crippen LogP contribution >= 0.6 is 0 Å². The maximum Gasteiger partial charge on any atom is 0.174 e. The first kappa shape index (κ1) is 10.5. The van der Waals surface area contributed by atoms with Gasteiger partial charge in [-0.3, -0.25) is 4.79 Å². The summed E-state index contributed by atoms with van der Waals surface area (Å²) in [6.07, 6.45) is 0.152. The van der Waals surface area contributed by atoms with E-state index in [0.717, 1.165) is 5.56 Å². The fourth-order valence-electron chi connectivity index (χ4n) is 1.17. The third kappa shape index (κ3) is 2.70. The third-order valence-corrected chi connectivity index (χ3v) is 1.79. The summed E-state index contributed by atoms with van der Waals surface area (Å²) in [5, 5.41) is 0. The molecule has 14 heavy (non-hydrogen) atoms. The SMILES string of the molecule is CC#CCC(=O)c1cc(C)cc(F)c1. The summed E-state index contributed by atoms with van der Waals surface area (Å²) >= 11 is 0. The molecule has 0 heterocycles. The molecular weight excluding hydrogens is 179 g/mol. The average Bonchev–Trinajstić information content (AvgIpc) is 2.12. The van der Waals surface area contributed by atoms with Crippen LogP contribution in [0, 0.1) is 24.6 Å². The van der Waals surface area contributed by atoms with Crippen molar-refractivity contribution in [3.63, 3.8) is 0 Å². The number of rotatable bonds is 2. The van der Waals surface area contributed by atoms with Gasteiger partial charge in [-0.1, -0.05) is 5.92 Å². The van der Waals surface area contributed by atoms with Crippen molar-refractivity contribution in [1.82, 2.24) is 0 Å². The third-order valence-electron chi connectivity index (χ3n) is 1.79. The topological polar surface area (TPSA) is 17.1 Å². The lowest BCUT2D eigenvalue weighted by molar-refractivity contribution is 0.0997. The molecule has 0 unspecified atom stereocenters. The number of hydrogen-bond acceptors (Lipinski definition) is 1. The van der Waals surface area contributed by atoms with Crippen molar-refractivity contribution in [2.45, 2.75) is 20.3 Å². The number of carbonyl (C=O) groups excluding carboxylic acids is 1. The molecule has 1 aromatic carbocycles. The summed E-state index contributed by atoms with van der Waals surface area (Å²) in [5.41, 5.74) is 1.14. The van der Waals surface area contributed by atoms with E-state index in [1.165, 1.54) is 12.1 Å². The number of halogens is 1. The largest absolute Gasteiger partial charge is 0.293 e. The summed E-state index contributed by atoms with van der Waals surface area (Å²) < 4.78 is 12.9. The number of ketones is 1. The molecule has 0 saturated heterocycles. The number of benzene rings is 1. The van der Waals surface area contributed by atoms with Crippen LogP contribution in [0.25, 0.3) is 0 Å². The molecule has 1 rings (SSSR count). The van der Waals surface area contributed by atoms with Crippen LogP contribution in [0.3, 0.4) is 0 Å². The Balaban J connectivity index is 2.93. The van der Waals surface area contributed by atoms with Crippen LogP contribution in [0.4, 0.5) is 4.39 Å². The van der Waals surface area contributed by atoms with Crippen molar-refractivity contribution in [1.29, 1.82) is 0 Å². The Morgan fingerprint density at radius 2 is 2.14 bits per heavy atom. The van der Waals surface area contributed by atoms with Gasteiger partial charge in [-0.2, -0.15) is 0 Å². The molecule has 0 saturated carbocycles. The number of Topliss-reactive ketones (excluding diaryl/α,β-unsaturated/α-hetero) is 1. The lowest BCUT2D eigenvalue weighted by Gasteiger charge is -1.99. The normalized spacial score (nSPS) is 9.07. The molecule has 0 aliphatic rings. The van der Waals surface area contributed by atoms with Crippen LogP contribution in [0.1, 0.15) is 29.3 Å². The van der Waals surface area contributed by atoms with E-state index in [-0.39, 0.29) is 18.0 Å². The Hall–Kier alpha value is -1.62. The molecule has 0 bridgehead atoms. The van der Waals surface area contributed by atoms with Gasteiger partial charge in [-0.25, -0.2) is 4.39 Å². The minimum atomic E-state index is -0.377. The van der Waals surface area contributed by atoms with Crippen molar-refractivity contribution < 1.29 is 9.18 Å². The van der Waals surface area contributed by atoms with Crippen molar-refractivity contribution in [2.75, 3.05) is 0 Å². The fraction of sp³-hybridized carbons (Fsp3) is 0.250. The molecule has 0 fully saturated rings. The quantitative estimate of drug-likeness (QED) is 0.517. The maximum absolute atomic E-state index is 12.9. The van der Waals surface area contributed by atoms with Crippen LogP contribution < -0.4 is 0 Å². The molecule has 0 N–H and O–H groups in total. The Bertz CT molecular complexity index is 390. The molecule has 0 aliphatic heterocycles. The van der Waals surface area contributed by atoms with Gasteiger partial charge in [0.25, 0.3) is 0 Å². The van der Waals surface area contributed by atoms with Crippen molar-refractivity contribution in [3.05, 3.63) is 35.1 Å². The second-order valence-corrected chi connectivity index (χ2v) is 3.04. The lowest BCUT2D eigenvalue weighted by Crippen LogP contribution is -1.98. The van der Waals surface area contributed by atoms with Crippen molar-refractivity contribution in [3.8, 4) is 11.8 Å². The molecule has 2 heteroatoms. The predicted octanol–water partition coefficient (Wildman–Crippen LogP) is 2.73. The number of hydrogen-bond donors (Lipinski definition) is 0. The minimum absolute atomic E-state index is 0.137. The molecule has 1 nitrogen and oxygen atoms in total. The molecular formula is C12H11FO. The Morgan fingerprint density at radius 1 is 1.43 bits per heavy atom. The van der Waals surface area contributed by atoms with Crippen molar-refractivity contribution >= 4 is 5.78 Å². The molecule has 72 valence electrons. The fourth-order valence-corrected chi connectivity index (χ4v) is 1.17. The van der Waals surface area contributed by atoms with Gasteiger partial charge in [-0.15, -0.1) is 5.92 Å². The lowest BCUT2D eigenvalue weighted by atomic mass is 10.1. The van der Waals surface area contributed by atoms with Gasteiger partial charge >= 0.3 is 0 Å². The van der Waals surface area contributed by atoms with Crippen LogP contribution in [0.2, 0.25) is 0 Å². The summed E-state index contributed by atoms with van der Waals surface area (Å²) in [7, 11) is 0. The zero-order valence-corrected chi connectivity index (χ0v) is 8.23.